The van der Waals surface area contributed by atoms with Crippen molar-refractivity contribution in [1.82, 2.24) is 4.90 Å². The summed E-state index contributed by atoms with van der Waals surface area (Å²) in [6, 6.07) is 0.113. The SMILES string of the molecule is CCN(CCC(=O)O)C(=O)CCCC(C)N. The lowest BCUT2D eigenvalue weighted by Gasteiger charge is -2.20. The van der Waals surface area contributed by atoms with Gasteiger partial charge in [0, 0.05) is 25.6 Å². The standard InChI is InChI=1S/C11H22N2O3/c1-3-13(8-7-11(15)16)10(14)6-4-5-9(2)12/h9H,3-8,12H2,1-2H3,(H,15,16). The van der Waals surface area contributed by atoms with Gasteiger partial charge in [0.1, 0.15) is 0 Å². The quantitative estimate of drug-likeness (QED) is 0.647. The van der Waals surface area contributed by atoms with Gasteiger partial charge in [-0.15, -0.1) is 0 Å². The first-order chi connectivity index (χ1) is 7.47. The maximum absolute atomic E-state index is 11.7. The fourth-order valence-corrected chi connectivity index (χ4v) is 1.42. The van der Waals surface area contributed by atoms with E-state index < -0.39 is 5.97 Å². The number of carboxylic acid groups (broad SMARTS) is 1. The van der Waals surface area contributed by atoms with E-state index in [1.54, 1.807) is 4.90 Å². The lowest BCUT2D eigenvalue weighted by atomic mass is 10.1. The molecule has 0 spiro atoms. The van der Waals surface area contributed by atoms with Gasteiger partial charge in [0.2, 0.25) is 5.91 Å². The number of rotatable bonds is 8. The molecule has 0 aliphatic rings. The van der Waals surface area contributed by atoms with Gasteiger partial charge in [0.25, 0.3) is 0 Å². The van der Waals surface area contributed by atoms with E-state index in [4.69, 9.17) is 10.8 Å². The number of carbonyl (C=O) groups is 2. The molecule has 0 aliphatic carbocycles. The van der Waals surface area contributed by atoms with E-state index in [9.17, 15) is 9.59 Å². The largest absolute Gasteiger partial charge is 0.481 e. The average Bonchev–Trinajstić information content (AvgIpc) is 2.17. The van der Waals surface area contributed by atoms with E-state index in [0.717, 1.165) is 12.8 Å². The summed E-state index contributed by atoms with van der Waals surface area (Å²) in [5.41, 5.74) is 5.58. The summed E-state index contributed by atoms with van der Waals surface area (Å²) in [5.74, 6) is -0.855. The van der Waals surface area contributed by atoms with Crippen LogP contribution in [0.2, 0.25) is 0 Å². The van der Waals surface area contributed by atoms with Crippen LogP contribution in [-0.2, 0) is 9.59 Å². The Morgan fingerprint density at radius 3 is 2.44 bits per heavy atom. The molecule has 0 radical (unpaired) electrons. The Hall–Kier alpha value is -1.10. The lowest BCUT2D eigenvalue weighted by molar-refractivity contribution is -0.138. The number of carbonyl (C=O) groups excluding carboxylic acids is 1. The predicted molar refractivity (Wildman–Crippen MR) is 62.0 cm³/mol. The molecular weight excluding hydrogens is 208 g/mol. The minimum Gasteiger partial charge on any atom is -0.481 e. The van der Waals surface area contributed by atoms with E-state index in [-0.39, 0.29) is 18.4 Å². The third-order valence-corrected chi connectivity index (χ3v) is 2.38. The molecule has 1 unspecified atom stereocenters. The number of nitrogens with two attached hydrogens (primary N) is 1. The molecular formula is C11H22N2O3. The molecule has 0 bridgehead atoms. The highest BCUT2D eigenvalue weighted by Gasteiger charge is 2.12. The van der Waals surface area contributed by atoms with Crippen LogP contribution < -0.4 is 5.73 Å². The highest BCUT2D eigenvalue weighted by molar-refractivity contribution is 5.77. The van der Waals surface area contributed by atoms with Gasteiger partial charge in [-0.3, -0.25) is 9.59 Å². The monoisotopic (exact) mass is 230 g/mol. The maximum atomic E-state index is 11.7. The Kier molecular flexibility index (Phi) is 7.54. The third kappa shape index (κ3) is 7.23. The van der Waals surface area contributed by atoms with Crippen molar-refractivity contribution < 1.29 is 14.7 Å². The number of amides is 1. The van der Waals surface area contributed by atoms with Crippen LogP contribution in [0.15, 0.2) is 0 Å². The lowest BCUT2D eigenvalue weighted by Crippen LogP contribution is -2.32. The topological polar surface area (TPSA) is 83.6 Å². The molecule has 5 heteroatoms. The van der Waals surface area contributed by atoms with Crippen LogP contribution in [0, 0.1) is 0 Å². The van der Waals surface area contributed by atoms with Crippen molar-refractivity contribution in [3.63, 3.8) is 0 Å². The molecule has 1 amide bonds. The van der Waals surface area contributed by atoms with Crippen molar-refractivity contribution in [2.45, 2.75) is 45.6 Å². The van der Waals surface area contributed by atoms with Gasteiger partial charge in [-0.1, -0.05) is 0 Å². The molecule has 0 aromatic heterocycles. The van der Waals surface area contributed by atoms with Crippen molar-refractivity contribution in [1.29, 1.82) is 0 Å². The van der Waals surface area contributed by atoms with Gasteiger partial charge in [-0.2, -0.15) is 0 Å². The highest BCUT2D eigenvalue weighted by Crippen LogP contribution is 2.03. The van der Waals surface area contributed by atoms with Crippen LogP contribution in [0.3, 0.4) is 0 Å². The summed E-state index contributed by atoms with van der Waals surface area (Å²) in [6.07, 6.45) is 2.05. The smallest absolute Gasteiger partial charge is 0.305 e. The number of carboxylic acids is 1. The van der Waals surface area contributed by atoms with E-state index in [2.05, 4.69) is 0 Å². The Labute approximate surface area is 96.6 Å². The highest BCUT2D eigenvalue weighted by atomic mass is 16.4. The van der Waals surface area contributed by atoms with Crippen LogP contribution in [0.4, 0.5) is 0 Å². The molecule has 0 rings (SSSR count). The summed E-state index contributed by atoms with van der Waals surface area (Å²) >= 11 is 0. The Bertz CT molecular complexity index is 229. The Balaban J connectivity index is 3.86. The molecule has 5 nitrogen and oxygen atoms in total. The van der Waals surface area contributed by atoms with Crippen molar-refractivity contribution in [2.75, 3.05) is 13.1 Å². The van der Waals surface area contributed by atoms with E-state index in [1.807, 2.05) is 13.8 Å². The maximum Gasteiger partial charge on any atom is 0.305 e. The molecule has 0 saturated carbocycles. The summed E-state index contributed by atoms with van der Waals surface area (Å²) in [7, 11) is 0. The molecule has 94 valence electrons. The Morgan fingerprint density at radius 2 is 2.00 bits per heavy atom. The zero-order valence-electron chi connectivity index (χ0n) is 10.1. The van der Waals surface area contributed by atoms with Crippen LogP contribution in [0.5, 0.6) is 0 Å². The van der Waals surface area contributed by atoms with Gasteiger partial charge in [-0.25, -0.2) is 0 Å². The van der Waals surface area contributed by atoms with E-state index in [0.29, 0.717) is 19.5 Å². The fourth-order valence-electron chi connectivity index (χ4n) is 1.42. The molecule has 0 aromatic rings. The molecule has 0 aromatic carbocycles. The molecule has 0 aliphatic heterocycles. The Morgan fingerprint density at radius 1 is 1.38 bits per heavy atom. The number of hydrogen-bond acceptors (Lipinski definition) is 3. The molecule has 0 fully saturated rings. The molecule has 16 heavy (non-hydrogen) atoms. The van der Waals surface area contributed by atoms with E-state index in [1.165, 1.54) is 0 Å². The minimum absolute atomic E-state index is 0.00682. The fraction of sp³-hybridized carbons (Fsp3) is 0.818. The molecule has 3 N–H and O–H groups in total. The van der Waals surface area contributed by atoms with Gasteiger partial charge in [-0.05, 0) is 26.7 Å². The second-order valence-corrected chi connectivity index (χ2v) is 3.99. The summed E-state index contributed by atoms with van der Waals surface area (Å²) in [5, 5.41) is 8.53. The predicted octanol–water partition coefficient (Wildman–Crippen LogP) is 0.827. The van der Waals surface area contributed by atoms with Gasteiger partial charge >= 0.3 is 5.97 Å². The summed E-state index contributed by atoms with van der Waals surface area (Å²) in [4.78, 5) is 23.6. The third-order valence-electron chi connectivity index (χ3n) is 2.38. The minimum atomic E-state index is -0.873. The van der Waals surface area contributed by atoms with Gasteiger partial charge in [0.05, 0.1) is 6.42 Å². The summed E-state index contributed by atoms with van der Waals surface area (Å²) < 4.78 is 0. The molecule has 0 saturated heterocycles. The first-order valence-electron chi connectivity index (χ1n) is 5.72. The number of nitrogens with zero attached hydrogens (tertiary/aromatic N) is 1. The summed E-state index contributed by atoms with van der Waals surface area (Å²) in [6.45, 7) is 4.62. The van der Waals surface area contributed by atoms with Crippen molar-refractivity contribution in [2.24, 2.45) is 5.73 Å². The van der Waals surface area contributed by atoms with Crippen molar-refractivity contribution >= 4 is 11.9 Å². The van der Waals surface area contributed by atoms with E-state index >= 15 is 0 Å². The number of hydrogen-bond donors (Lipinski definition) is 2. The van der Waals surface area contributed by atoms with Gasteiger partial charge < -0.3 is 15.7 Å². The van der Waals surface area contributed by atoms with Crippen molar-refractivity contribution in [3.05, 3.63) is 0 Å². The van der Waals surface area contributed by atoms with Crippen LogP contribution in [-0.4, -0.2) is 41.0 Å². The number of aliphatic carboxylic acids is 1. The second kappa shape index (κ2) is 8.10. The molecule has 1 atom stereocenters. The zero-order valence-corrected chi connectivity index (χ0v) is 10.1. The zero-order chi connectivity index (χ0) is 12.6. The first kappa shape index (κ1) is 14.9. The van der Waals surface area contributed by atoms with Crippen molar-refractivity contribution in [3.8, 4) is 0 Å². The average molecular weight is 230 g/mol. The van der Waals surface area contributed by atoms with Crippen LogP contribution in [0.1, 0.15) is 39.5 Å². The van der Waals surface area contributed by atoms with Crippen LogP contribution in [0.25, 0.3) is 0 Å². The first-order valence-corrected chi connectivity index (χ1v) is 5.72. The molecule has 0 heterocycles. The normalized spacial score (nSPS) is 12.2. The van der Waals surface area contributed by atoms with Gasteiger partial charge in [0.15, 0.2) is 0 Å². The second-order valence-electron chi connectivity index (χ2n) is 3.99. The van der Waals surface area contributed by atoms with Crippen LogP contribution >= 0.6 is 0 Å².